The van der Waals surface area contributed by atoms with Crippen LogP contribution in [0.3, 0.4) is 0 Å². The lowest BCUT2D eigenvalue weighted by atomic mass is 9.82. The fourth-order valence-corrected chi connectivity index (χ4v) is 3.94. The van der Waals surface area contributed by atoms with Gasteiger partial charge in [0.25, 0.3) is 0 Å². The summed E-state index contributed by atoms with van der Waals surface area (Å²) in [6.45, 7) is 2.89. The molecule has 0 bridgehead atoms. The first-order chi connectivity index (χ1) is 11.7. The summed E-state index contributed by atoms with van der Waals surface area (Å²) in [6, 6.07) is 9.96. The largest absolute Gasteiger partial charge is 0.350 e. The van der Waals surface area contributed by atoms with Crippen molar-refractivity contribution in [3.05, 3.63) is 60.2 Å². The van der Waals surface area contributed by atoms with Crippen LogP contribution in [0.25, 0.3) is 0 Å². The molecule has 0 aliphatic carbocycles. The summed E-state index contributed by atoms with van der Waals surface area (Å²) in [7, 11) is 0. The van der Waals surface area contributed by atoms with Crippen LogP contribution < -0.4 is 5.32 Å². The number of hydrogen-bond donors (Lipinski definition) is 1. The maximum absolute atomic E-state index is 12.5. The molecule has 5 nitrogen and oxygen atoms in total. The molecule has 2 aromatic rings. The summed E-state index contributed by atoms with van der Waals surface area (Å²) in [5.74, 6) is 0.134. The molecule has 124 valence electrons. The van der Waals surface area contributed by atoms with E-state index in [9.17, 15) is 4.79 Å². The summed E-state index contributed by atoms with van der Waals surface area (Å²) in [6.07, 6.45) is 8.29. The molecule has 1 atom stereocenters. The Kier molecular flexibility index (Phi) is 4.02. The SMILES string of the molecule is O=C1NC2(CCN(Cc3ccccn3)CC2)C[C@H]1c1ccncc1. The molecule has 2 aliphatic rings. The highest BCUT2D eigenvalue weighted by Crippen LogP contribution is 2.39. The summed E-state index contributed by atoms with van der Waals surface area (Å²) < 4.78 is 0. The van der Waals surface area contributed by atoms with Crippen LogP contribution in [0, 0.1) is 0 Å². The molecule has 1 N–H and O–H groups in total. The molecule has 2 aliphatic heterocycles. The van der Waals surface area contributed by atoms with Crippen molar-refractivity contribution in [3.63, 3.8) is 0 Å². The third-order valence-corrected chi connectivity index (χ3v) is 5.33. The average Bonchev–Trinajstić information content (AvgIpc) is 2.95. The zero-order valence-corrected chi connectivity index (χ0v) is 13.7. The first-order valence-electron chi connectivity index (χ1n) is 8.58. The van der Waals surface area contributed by atoms with E-state index in [1.165, 1.54) is 0 Å². The van der Waals surface area contributed by atoms with Crippen LogP contribution in [0.15, 0.2) is 48.9 Å². The van der Waals surface area contributed by atoms with Crippen molar-refractivity contribution in [2.45, 2.75) is 37.3 Å². The molecule has 4 rings (SSSR count). The Bertz CT molecular complexity index is 696. The van der Waals surface area contributed by atoms with E-state index in [4.69, 9.17) is 0 Å². The van der Waals surface area contributed by atoms with Crippen molar-refractivity contribution < 1.29 is 4.79 Å². The third-order valence-electron chi connectivity index (χ3n) is 5.33. The Labute approximate surface area is 142 Å². The van der Waals surface area contributed by atoms with Gasteiger partial charge in [0.2, 0.25) is 5.91 Å². The lowest BCUT2D eigenvalue weighted by molar-refractivity contribution is -0.121. The maximum atomic E-state index is 12.5. The normalized spacial score (nSPS) is 23.3. The van der Waals surface area contributed by atoms with Crippen LogP contribution in [0.5, 0.6) is 0 Å². The number of piperidine rings is 1. The molecular weight excluding hydrogens is 300 g/mol. The van der Waals surface area contributed by atoms with Gasteiger partial charge in [-0.3, -0.25) is 19.7 Å². The molecule has 0 unspecified atom stereocenters. The molecule has 2 fully saturated rings. The zero-order chi connectivity index (χ0) is 16.4. The molecule has 24 heavy (non-hydrogen) atoms. The molecule has 0 radical (unpaired) electrons. The van der Waals surface area contributed by atoms with Gasteiger partial charge in [-0.1, -0.05) is 6.07 Å². The van der Waals surface area contributed by atoms with Gasteiger partial charge in [-0.15, -0.1) is 0 Å². The van der Waals surface area contributed by atoms with Crippen molar-refractivity contribution in [1.82, 2.24) is 20.2 Å². The standard InChI is InChI=1S/C19H22N4O/c24-18-17(15-4-9-20-10-5-15)13-19(22-18)6-11-23(12-7-19)14-16-3-1-2-8-21-16/h1-5,8-10,17H,6-7,11-14H2,(H,22,24)/t17-/m0/s1. The number of nitrogens with one attached hydrogen (secondary N) is 1. The molecule has 0 saturated carbocycles. The Morgan fingerprint density at radius 2 is 1.92 bits per heavy atom. The van der Waals surface area contributed by atoms with E-state index < -0.39 is 0 Å². The number of likely N-dealkylation sites (tertiary alicyclic amines) is 1. The monoisotopic (exact) mass is 322 g/mol. The minimum atomic E-state index is -0.0361. The van der Waals surface area contributed by atoms with Crippen LogP contribution in [-0.2, 0) is 11.3 Å². The van der Waals surface area contributed by atoms with E-state index in [1.807, 2.05) is 30.5 Å². The van der Waals surface area contributed by atoms with Gasteiger partial charge in [-0.25, -0.2) is 0 Å². The van der Waals surface area contributed by atoms with Gasteiger partial charge in [-0.2, -0.15) is 0 Å². The van der Waals surface area contributed by atoms with E-state index in [0.29, 0.717) is 0 Å². The fourth-order valence-electron chi connectivity index (χ4n) is 3.94. The van der Waals surface area contributed by atoms with Gasteiger partial charge < -0.3 is 5.32 Å². The number of carbonyl (C=O) groups is 1. The zero-order valence-electron chi connectivity index (χ0n) is 13.7. The predicted molar refractivity (Wildman–Crippen MR) is 91.2 cm³/mol. The summed E-state index contributed by atoms with van der Waals surface area (Å²) in [5, 5.41) is 3.30. The molecule has 1 spiro atoms. The van der Waals surface area contributed by atoms with Crippen molar-refractivity contribution in [1.29, 1.82) is 0 Å². The van der Waals surface area contributed by atoms with Gasteiger partial charge in [-0.05, 0) is 49.1 Å². The van der Waals surface area contributed by atoms with Gasteiger partial charge in [0.1, 0.15) is 0 Å². The number of aromatic nitrogens is 2. The van der Waals surface area contributed by atoms with Gasteiger partial charge in [0.05, 0.1) is 11.6 Å². The van der Waals surface area contributed by atoms with Crippen LogP contribution >= 0.6 is 0 Å². The number of pyridine rings is 2. The third kappa shape index (κ3) is 3.04. The topological polar surface area (TPSA) is 58.1 Å². The number of rotatable bonds is 3. The number of amides is 1. The first kappa shape index (κ1) is 15.3. The highest BCUT2D eigenvalue weighted by atomic mass is 16.2. The fraction of sp³-hybridized carbons (Fsp3) is 0.421. The highest BCUT2D eigenvalue weighted by molar-refractivity contribution is 5.87. The summed E-state index contributed by atoms with van der Waals surface area (Å²) in [4.78, 5) is 23.4. The molecule has 2 saturated heterocycles. The molecule has 1 amide bonds. The summed E-state index contributed by atoms with van der Waals surface area (Å²) >= 11 is 0. The van der Waals surface area contributed by atoms with E-state index in [0.717, 1.165) is 50.2 Å². The highest BCUT2D eigenvalue weighted by Gasteiger charge is 2.46. The second-order valence-electron chi connectivity index (χ2n) is 6.90. The van der Waals surface area contributed by atoms with Crippen LogP contribution in [-0.4, -0.2) is 39.4 Å². The Balaban J connectivity index is 1.39. The quantitative estimate of drug-likeness (QED) is 0.940. The molecule has 5 heteroatoms. The van der Waals surface area contributed by atoms with Crippen molar-refractivity contribution in [2.24, 2.45) is 0 Å². The summed E-state index contributed by atoms with van der Waals surface area (Å²) in [5.41, 5.74) is 2.15. The minimum absolute atomic E-state index is 0.0321. The molecular formula is C19H22N4O. The Morgan fingerprint density at radius 1 is 1.12 bits per heavy atom. The van der Waals surface area contributed by atoms with Crippen LogP contribution in [0.1, 0.15) is 36.4 Å². The van der Waals surface area contributed by atoms with Gasteiger partial charge >= 0.3 is 0 Å². The van der Waals surface area contributed by atoms with Crippen LogP contribution in [0.4, 0.5) is 0 Å². The van der Waals surface area contributed by atoms with E-state index >= 15 is 0 Å². The van der Waals surface area contributed by atoms with Gasteiger partial charge in [0, 0.05) is 43.8 Å². The van der Waals surface area contributed by atoms with E-state index in [1.54, 1.807) is 12.4 Å². The Morgan fingerprint density at radius 3 is 2.62 bits per heavy atom. The Hall–Kier alpha value is -2.27. The lowest BCUT2D eigenvalue weighted by Gasteiger charge is -2.39. The first-order valence-corrected chi connectivity index (χ1v) is 8.58. The predicted octanol–water partition coefficient (Wildman–Crippen LogP) is 2.11. The second kappa shape index (κ2) is 6.32. The van der Waals surface area contributed by atoms with Crippen molar-refractivity contribution in [2.75, 3.05) is 13.1 Å². The maximum Gasteiger partial charge on any atom is 0.228 e. The van der Waals surface area contributed by atoms with Gasteiger partial charge in [0.15, 0.2) is 0 Å². The molecule has 2 aromatic heterocycles. The van der Waals surface area contributed by atoms with Crippen molar-refractivity contribution >= 4 is 5.91 Å². The van der Waals surface area contributed by atoms with Crippen molar-refractivity contribution in [3.8, 4) is 0 Å². The second-order valence-corrected chi connectivity index (χ2v) is 6.90. The smallest absolute Gasteiger partial charge is 0.228 e. The molecule has 4 heterocycles. The number of carbonyl (C=O) groups excluding carboxylic acids is 1. The van der Waals surface area contributed by atoms with E-state index in [2.05, 4.69) is 26.3 Å². The number of hydrogen-bond acceptors (Lipinski definition) is 4. The van der Waals surface area contributed by atoms with E-state index in [-0.39, 0.29) is 17.4 Å². The lowest BCUT2D eigenvalue weighted by Crippen LogP contribution is -2.50. The number of nitrogens with zero attached hydrogens (tertiary/aromatic N) is 3. The average molecular weight is 322 g/mol. The minimum Gasteiger partial charge on any atom is -0.350 e. The van der Waals surface area contributed by atoms with Crippen LogP contribution in [0.2, 0.25) is 0 Å². The molecule has 0 aromatic carbocycles.